The predicted octanol–water partition coefficient (Wildman–Crippen LogP) is 2.37. The van der Waals surface area contributed by atoms with Gasteiger partial charge in [-0.25, -0.2) is 4.98 Å². The lowest BCUT2D eigenvalue weighted by atomic mass is 10.1. The third-order valence-electron chi connectivity index (χ3n) is 2.53. The van der Waals surface area contributed by atoms with Crippen molar-refractivity contribution in [3.8, 4) is 0 Å². The molecule has 92 valence electrons. The van der Waals surface area contributed by atoms with Crippen LogP contribution in [0, 0.1) is 6.92 Å². The zero-order chi connectivity index (χ0) is 13.0. The van der Waals surface area contributed by atoms with Crippen LogP contribution in [0.3, 0.4) is 0 Å². The molecule has 5 heteroatoms. The average Bonchev–Trinajstić information content (AvgIpc) is 2.37. The highest BCUT2D eigenvalue weighted by Gasteiger charge is 2.07. The second-order valence-corrected chi connectivity index (χ2v) is 4.22. The van der Waals surface area contributed by atoms with Gasteiger partial charge in [0.05, 0.1) is 0 Å². The molecule has 2 aromatic heterocycles. The normalized spacial score (nSPS) is 10.1. The van der Waals surface area contributed by atoms with Crippen molar-refractivity contribution in [2.45, 2.75) is 13.5 Å². The lowest BCUT2D eigenvalue weighted by Gasteiger charge is -2.06. The van der Waals surface area contributed by atoms with Gasteiger partial charge in [0.2, 0.25) is 0 Å². The fourth-order valence-corrected chi connectivity index (χ4v) is 1.65. The van der Waals surface area contributed by atoms with Crippen molar-refractivity contribution in [2.24, 2.45) is 0 Å². The highest BCUT2D eigenvalue weighted by Crippen LogP contribution is 2.07. The molecule has 0 bridgehead atoms. The molecule has 2 rings (SSSR count). The maximum atomic E-state index is 11.8. The van der Waals surface area contributed by atoms with E-state index in [0.717, 1.165) is 11.1 Å². The number of hydrogen-bond acceptors (Lipinski definition) is 3. The summed E-state index contributed by atoms with van der Waals surface area (Å²) in [6.45, 7) is 2.40. The molecule has 0 unspecified atom stereocenters. The van der Waals surface area contributed by atoms with E-state index in [-0.39, 0.29) is 5.91 Å². The summed E-state index contributed by atoms with van der Waals surface area (Å²) in [5, 5.41) is 3.09. The standard InChI is InChI=1S/C13H12ClN3O/c1-9-5-6-15-7-10(9)8-16-13(18)11-3-2-4-12(14)17-11/h2-7H,8H2,1H3,(H,16,18). The number of aryl methyl sites for hydroxylation is 1. The predicted molar refractivity (Wildman–Crippen MR) is 69.4 cm³/mol. The van der Waals surface area contributed by atoms with Gasteiger partial charge in [-0.15, -0.1) is 0 Å². The van der Waals surface area contributed by atoms with E-state index in [4.69, 9.17) is 11.6 Å². The van der Waals surface area contributed by atoms with Gasteiger partial charge >= 0.3 is 0 Å². The molecule has 0 saturated heterocycles. The first kappa shape index (κ1) is 12.5. The number of amides is 1. The molecular weight excluding hydrogens is 250 g/mol. The van der Waals surface area contributed by atoms with Crippen LogP contribution < -0.4 is 5.32 Å². The van der Waals surface area contributed by atoms with E-state index in [1.54, 1.807) is 30.6 Å². The van der Waals surface area contributed by atoms with Crippen LogP contribution in [0.25, 0.3) is 0 Å². The molecule has 18 heavy (non-hydrogen) atoms. The summed E-state index contributed by atoms with van der Waals surface area (Å²) in [5.74, 6) is -0.249. The first-order valence-corrected chi connectivity index (χ1v) is 5.85. The van der Waals surface area contributed by atoms with Crippen molar-refractivity contribution < 1.29 is 4.79 Å². The largest absolute Gasteiger partial charge is 0.347 e. The number of hydrogen-bond donors (Lipinski definition) is 1. The van der Waals surface area contributed by atoms with Gasteiger partial charge in [-0.1, -0.05) is 17.7 Å². The summed E-state index contributed by atoms with van der Waals surface area (Å²) < 4.78 is 0. The Morgan fingerprint density at radius 1 is 1.39 bits per heavy atom. The van der Waals surface area contributed by atoms with Crippen LogP contribution in [-0.2, 0) is 6.54 Å². The number of nitrogens with zero attached hydrogens (tertiary/aromatic N) is 2. The van der Waals surface area contributed by atoms with E-state index in [9.17, 15) is 4.79 Å². The molecule has 1 N–H and O–H groups in total. The first-order chi connectivity index (χ1) is 8.66. The zero-order valence-electron chi connectivity index (χ0n) is 9.85. The minimum Gasteiger partial charge on any atom is -0.347 e. The number of halogens is 1. The molecule has 4 nitrogen and oxygen atoms in total. The van der Waals surface area contributed by atoms with Crippen molar-refractivity contribution in [1.29, 1.82) is 0 Å². The third kappa shape index (κ3) is 3.05. The van der Waals surface area contributed by atoms with Crippen molar-refractivity contribution in [2.75, 3.05) is 0 Å². The summed E-state index contributed by atoms with van der Waals surface area (Å²) in [5.41, 5.74) is 2.38. The number of aromatic nitrogens is 2. The minimum absolute atomic E-state index is 0.249. The van der Waals surface area contributed by atoms with E-state index in [2.05, 4.69) is 15.3 Å². The van der Waals surface area contributed by atoms with Crippen molar-refractivity contribution in [1.82, 2.24) is 15.3 Å². The SMILES string of the molecule is Cc1ccncc1CNC(=O)c1cccc(Cl)n1. The summed E-state index contributed by atoms with van der Waals surface area (Å²) in [7, 11) is 0. The maximum Gasteiger partial charge on any atom is 0.270 e. The molecule has 0 fully saturated rings. The number of pyridine rings is 2. The van der Waals surface area contributed by atoms with E-state index < -0.39 is 0 Å². The van der Waals surface area contributed by atoms with Crippen LogP contribution in [-0.4, -0.2) is 15.9 Å². The lowest BCUT2D eigenvalue weighted by Crippen LogP contribution is -2.24. The van der Waals surface area contributed by atoms with Gasteiger partial charge in [0.15, 0.2) is 0 Å². The summed E-state index contributed by atoms with van der Waals surface area (Å²) >= 11 is 5.73. The van der Waals surface area contributed by atoms with Crippen LogP contribution in [0.2, 0.25) is 5.15 Å². The van der Waals surface area contributed by atoms with Gasteiger partial charge < -0.3 is 5.32 Å². The Bertz CT molecular complexity index is 572. The molecule has 2 aromatic rings. The molecule has 0 saturated carbocycles. The topological polar surface area (TPSA) is 54.9 Å². The van der Waals surface area contributed by atoms with E-state index in [1.165, 1.54) is 0 Å². The highest BCUT2D eigenvalue weighted by atomic mass is 35.5. The van der Waals surface area contributed by atoms with Gasteiger partial charge in [0.25, 0.3) is 5.91 Å². The quantitative estimate of drug-likeness (QED) is 0.863. The average molecular weight is 262 g/mol. The molecule has 0 radical (unpaired) electrons. The van der Waals surface area contributed by atoms with E-state index in [0.29, 0.717) is 17.4 Å². The van der Waals surface area contributed by atoms with Gasteiger partial charge in [-0.05, 0) is 36.2 Å². The lowest BCUT2D eigenvalue weighted by molar-refractivity contribution is 0.0946. The Morgan fingerprint density at radius 2 is 2.22 bits per heavy atom. The highest BCUT2D eigenvalue weighted by molar-refractivity contribution is 6.29. The monoisotopic (exact) mass is 261 g/mol. The molecular formula is C13H12ClN3O. The third-order valence-corrected chi connectivity index (χ3v) is 2.75. The number of rotatable bonds is 3. The molecule has 0 atom stereocenters. The first-order valence-electron chi connectivity index (χ1n) is 5.47. The molecule has 2 heterocycles. The Balaban J connectivity index is 2.03. The Hall–Kier alpha value is -1.94. The van der Waals surface area contributed by atoms with Crippen LogP contribution in [0.15, 0.2) is 36.7 Å². The van der Waals surface area contributed by atoms with Crippen molar-refractivity contribution in [3.05, 3.63) is 58.6 Å². The van der Waals surface area contributed by atoms with Crippen molar-refractivity contribution in [3.63, 3.8) is 0 Å². The Labute approximate surface area is 110 Å². The smallest absolute Gasteiger partial charge is 0.270 e. The fraction of sp³-hybridized carbons (Fsp3) is 0.154. The molecule has 0 spiro atoms. The molecule has 0 aliphatic heterocycles. The molecule has 1 amide bonds. The summed E-state index contributed by atoms with van der Waals surface area (Å²) in [6, 6.07) is 6.85. The second kappa shape index (κ2) is 5.60. The Morgan fingerprint density at radius 3 is 2.94 bits per heavy atom. The van der Waals surface area contributed by atoms with Crippen LogP contribution in [0.1, 0.15) is 21.6 Å². The van der Waals surface area contributed by atoms with Gasteiger partial charge in [0, 0.05) is 18.9 Å². The van der Waals surface area contributed by atoms with Crippen LogP contribution >= 0.6 is 11.6 Å². The minimum atomic E-state index is -0.249. The zero-order valence-corrected chi connectivity index (χ0v) is 10.6. The van der Waals surface area contributed by atoms with Crippen molar-refractivity contribution >= 4 is 17.5 Å². The van der Waals surface area contributed by atoms with Gasteiger partial charge in [-0.3, -0.25) is 9.78 Å². The fourth-order valence-electron chi connectivity index (χ4n) is 1.48. The second-order valence-electron chi connectivity index (χ2n) is 3.83. The van der Waals surface area contributed by atoms with Gasteiger partial charge in [0.1, 0.15) is 10.8 Å². The molecule has 0 aliphatic carbocycles. The number of carbonyl (C=O) groups is 1. The molecule has 0 aliphatic rings. The van der Waals surface area contributed by atoms with Crippen LogP contribution in [0.4, 0.5) is 0 Å². The number of nitrogens with one attached hydrogen (secondary N) is 1. The van der Waals surface area contributed by atoms with E-state index in [1.807, 2.05) is 13.0 Å². The summed E-state index contributed by atoms with van der Waals surface area (Å²) in [4.78, 5) is 19.8. The van der Waals surface area contributed by atoms with Crippen LogP contribution in [0.5, 0.6) is 0 Å². The van der Waals surface area contributed by atoms with Gasteiger partial charge in [-0.2, -0.15) is 0 Å². The number of carbonyl (C=O) groups excluding carboxylic acids is 1. The Kier molecular flexibility index (Phi) is 3.89. The molecule has 0 aromatic carbocycles. The summed E-state index contributed by atoms with van der Waals surface area (Å²) in [6.07, 6.45) is 3.46. The maximum absolute atomic E-state index is 11.8. The van der Waals surface area contributed by atoms with E-state index >= 15 is 0 Å².